The molecule has 2 rings (SSSR count). The molecular weight excluding hydrogens is 218 g/mol. The second kappa shape index (κ2) is 4.21. The van der Waals surface area contributed by atoms with E-state index in [0.29, 0.717) is 11.5 Å². The van der Waals surface area contributed by atoms with E-state index in [1.54, 1.807) is 0 Å². The molecule has 2 nitrogen and oxygen atoms in total. The van der Waals surface area contributed by atoms with Crippen molar-refractivity contribution in [1.29, 1.82) is 0 Å². The maximum absolute atomic E-state index is 12.0. The average Bonchev–Trinajstić information content (AvgIpc) is 2.72. The SMILES string of the molecule is Cc1ccsc1C(=O)NC1CCC(C)(C)C1. The predicted octanol–water partition coefficient (Wildman–Crippen LogP) is 3.37. The Hall–Kier alpha value is -0.830. The molecule has 16 heavy (non-hydrogen) atoms. The highest BCUT2D eigenvalue weighted by Gasteiger charge is 2.32. The molecule has 1 saturated carbocycles. The van der Waals surface area contributed by atoms with E-state index in [9.17, 15) is 4.79 Å². The Labute approximate surface area is 101 Å². The molecule has 3 heteroatoms. The molecule has 0 aromatic carbocycles. The molecule has 1 aromatic heterocycles. The van der Waals surface area contributed by atoms with Crippen LogP contribution in [0.25, 0.3) is 0 Å². The molecule has 1 atom stereocenters. The van der Waals surface area contributed by atoms with Crippen LogP contribution in [-0.4, -0.2) is 11.9 Å². The second-order valence-electron chi connectivity index (χ2n) is 5.51. The van der Waals surface area contributed by atoms with E-state index in [1.165, 1.54) is 17.8 Å². The number of thiophene rings is 1. The van der Waals surface area contributed by atoms with Gasteiger partial charge >= 0.3 is 0 Å². The fraction of sp³-hybridized carbons (Fsp3) is 0.615. The fourth-order valence-electron chi connectivity index (χ4n) is 2.42. The summed E-state index contributed by atoms with van der Waals surface area (Å²) in [6.45, 7) is 6.54. The largest absolute Gasteiger partial charge is 0.349 e. The number of nitrogens with one attached hydrogen (secondary N) is 1. The molecule has 0 aliphatic heterocycles. The lowest BCUT2D eigenvalue weighted by Crippen LogP contribution is -2.33. The Morgan fingerprint density at radius 3 is 2.81 bits per heavy atom. The highest BCUT2D eigenvalue weighted by Crippen LogP contribution is 2.37. The minimum Gasteiger partial charge on any atom is -0.349 e. The summed E-state index contributed by atoms with van der Waals surface area (Å²) < 4.78 is 0. The molecule has 1 N–H and O–H groups in total. The summed E-state index contributed by atoms with van der Waals surface area (Å²) in [6.07, 6.45) is 3.42. The number of hydrogen-bond donors (Lipinski definition) is 1. The zero-order valence-corrected chi connectivity index (χ0v) is 11.0. The van der Waals surface area contributed by atoms with Crippen LogP contribution in [0, 0.1) is 12.3 Å². The van der Waals surface area contributed by atoms with Crippen molar-refractivity contribution < 1.29 is 4.79 Å². The smallest absolute Gasteiger partial charge is 0.261 e. The molecule has 0 spiro atoms. The summed E-state index contributed by atoms with van der Waals surface area (Å²) in [5.74, 6) is 0.107. The van der Waals surface area contributed by atoms with E-state index in [-0.39, 0.29) is 5.91 Å². The van der Waals surface area contributed by atoms with Crippen molar-refractivity contribution >= 4 is 17.2 Å². The quantitative estimate of drug-likeness (QED) is 0.839. The van der Waals surface area contributed by atoms with Gasteiger partial charge in [-0.05, 0) is 48.6 Å². The maximum Gasteiger partial charge on any atom is 0.261 e. The Balaban J connectivity index is 1.97. The standard InChI is InChI=1S/C13H19NOS/c1-9-5-7-16-11(9)12(15)14-10-4-6-13(2,3)8-10/h5,7,10H,4,6,8H2,1-3H3,(H,14,15). The number of hydrogen-bond acceptors (Lipinski definition) is 2. The van der Waals surface area contributed by atoms with E-state index < -0.39 is 0 Å². The zero-order chi connectivity index (χ0) is 11.8. The number of carbonyl (C=O) groups is 1. The Kier molecular flexibility index (Phi) is 3.06. The van der Waals surface area contributed by atoms with Gasteiger partial charge in [0, 0.05) is 6.04 Å². The van der Waals surface area contributed by atoms with Crippen LogP contribution < -0.4 is 5.32 Å². The number of aryl methyl sites for hydroxylation is 1. The van der Waals surface area contributed by atoms with Gasteiger partial charge in [0.25, 0.3) is 5.91 Å². The van der Waals surface area contributed by atoms with Crippen molar-refractivity contribution in [2.75, 3.05) is 0 Å². The van der Waals surface area contributed by atoms with E-state index in [1.807, 2.05) is 18.4 Å². The van der Waals surface area contributed by atoms with Gasteiger partial charge in [-0.2, -0.15) is 0 Å². The Bertz CT molecular complexity index is 394. The fourth-order valence-corrected chi connectivity index (χ4v) is 3.24. The Morgan fingerprint density at radius 1 is 1.56 bits per heavy atom. The summed E-state index contributed by atoms with van der Waals surface area (Å²) in [6, 6.07) is 2.36. The van der Waals surface area contributed by atoms with Gasteiger partial charge in [0.05, 0.1) is 4.88 Å². The third kappa shape index (κ3) is 2.46. The summed E-state index contributed by atoms with van der Waals surface area (Å²) in [5, 5.41) is 5.12. The van der Waals surface area contributed by atoms with Crippen LogP contribution in [-0.2, 0) is 0 Å². The van der Waals surface area contributed by atoms with Gasteiger partial charge in [-0.3, -0.25) is 4.79 Å². The first-order chi connectivity index (χ1) is 7.48. The molecule has 88 valence electrons. The predicted molar refractivity (Wildman–Crippen MR) is 67.9 cm³/mol. The zero-order valence-electron chi connectivity index (χ0n) is 10.2. The monoisotopic (exact) mass is 237 g/mol. The Morgan fingerprint density at radius 2 is 2.31 bits per heavy atom. The average molecular weight is 237 g/mol. The van der Waals surface area contributed by atoms with E-state index in [0.717, 1.165) is 23.3 Å². The van der Waals surface area contributed by atoms with Crippen LogP contribution in [0.2, 0.25) is 0 Å². The van der Waals surface area contributed by atoms with Crippen molar-refractivity contribution in [1.82, 2.24) is 5.32 Å². The molecule has 0 bridgehead atoms. The van der Waals surface area contributed by atoms with Crippen molar-refractivity contribution in [2.45, 2.75) is 46.1 Å². The number of carbonyl (C=O) groups excluding carboxylic acids is 1. The molecular formula is C13H19NOS. The number of rotatable bonds is 2. The number of amides is 1. The molecule has 1 amide bonds. The normalized spacial score (nSPS) is 23.3. The van der Waals surface area contributed by atoms with Gasteiger partial charge < -0.3 is 5.32 Å². The van der Waals surface area contributed by atoms with E-state index in [4.69, 9.17) is 0 Å². The van der Waals surface area contributed by atoms with E-state index >= 15 is 0 Å². The first kappa shape index (κ1) is 11.6. The van der Waals surface area contributed by atoms with Crippen LogP contribution in [0.15, 0.2) is 11.4 Å². The third-order valence-corrected chi connectivity index (χ3v) is 4.39. The molecule has 0 saturated heterocycles. The minimum atomic E-state index is 0.107. The molecule has 1 unspecified atom stereocenters. The summed E-state index contributed by atoms with van der Waals surface area (Å²) in [4.78, 5) is 12.9. The highest BCUT2D eigenvalue weighted by molar-refractivity contribution is 7.12. The van der Waals surface area contributed by atoms with E-state index in [2.05, 4.69) is 19.2 Å². The van der Waals surface area contributed by atoms with Crippen LogP contribution in [0.3, 0.4) is 0 Å². The van der Waals surface area contributed by atoms with Crippen molar-refractivity contribution in [2.24, 2.45) is 5.41 Å². The van der Waals surface area contributed by atoms with Gasteiger partial charge in [-0.15, -0.1) is 11.3 Å². The van der Waals surface area contributed by atoms with Gasteiger partial charge in [-0.25, -0.2) is 0 Å². The van der Waals surface area contributed by atoms with Crippen molar-refractivity contribution in [3.8, 4) is 0 Å². The first-order valence-electron chi connectivity index (χ1n) is 5.83. The molecule has 1 aliphatic carbocycles. The van der Waals surface area contributed by atoms with Gasteiger partial charge in [0.1, 0.15) is 0 Å². The third-order valence-electron chi connectivity index (χ3n) is 3.37. The van der Waals surface area contributed by atoms with Gasteiger partial charge in [0.2, 0.25) is 0 Å². The molecule has 1 heterocycles. The molecule has 0 radical (unpaired) electrons. The van der Waals surface area contributed by atoms with Crippen LogP contribution in [0.1, 0.15) is 48.3 Å². The maximum atomic E-state index is 12.0. The molecule has 1 aliphatic rings. The summed E-state index contributed by atoms with van der Waals surface area (Å²) >= 11 is 1.53. The first-order valence-corrected chi connectivity index (χ1v) is 6.71. The van der Waals surface area contributed by atoms with Crippen LogP contribution in [0.5, 0.6) is 0 Å². The van der Waals surface area contributed by atoms with Gasteiger partial charge in [0.15, 0.2) is 0 Å². The summed E-state index contributed by atoms with van der Waals surface area (Å²) in [7, 11) is 0. The van der Waals surface area contributed by atoms with Crippen molar-refractivity contribution in [3.05, 3.63) is 21.9 Å². The topological polar surface area (TPSA) is 29.1 Å². The lowest BCUT2D eigenvalue weighted by atomic mass is 9.92. The van der Waals surface area contributed by atoms with Crippen molar-refractivity contribution in [3.63, 3.8) is 0 Å². The minimum absolute atomic E-state index is 0.107. The molecule has 1 fully saturated rings. The molecule has 1 aromatic rings. The second-order valence-corrected chi connectivity index (χ2v) is 6.43. The highest BCUT2D eigenvalue weighted by atomic mass is 32.1. The van der Waals surface area contributed by atoms with Gasteiger partial charge in [-0.1, -0.05) is 13.8 Å². The van der Waals surface area contributed by atoms with Crippen LogP contribution in [0.4, 0.5) is 0 Å². The van der Waals surface area contributed by atoms with Crippen LogP contribution >= 0.6 is 11.3 Å². The lowest BCUT2D eigenvalue weighted by molar-refractivity contribution is 0.0939. The lowest BCUT2D eigenvalue weighted by Gasteiger charge is -2.17. The summed E-state index contributed by atoms with van der Waals surface area (Å²) in [5.41, 5.74) is 1.47.